The number of alkyl halides is 2. The van der Waals surface area contributed by atoms with Crippen molar-refractivity contribution in [2.75, 3.05) is 13.1 Å². The summed E-state index contributed by atoms with van der Waals surface area (Å²) in [6.45, 7) is 2.17. The normalized spacial score (nSPS) is 13.4. The van der Waals surface area contributed by atoms with Crippen LogP contribution in [-0.2, 0) is 6.42 Å². The van der Waals surface area contributed by atoms with E-state index in [4.69, 9.17) is 5.73 Å². The maximum absolute atomic E-state index is 12.1. The predicted octanol–water partition coefficient (Wildman–Crippen LogP) is 2.55. The topological polar surface area (TPSA) is 47.3 Å². The number of halogens is 2. The summed E-state index contributed by atoms with van der Waals surface area (Å²) in [5, 5.41) is 3.33. The van der Waals surface area contributed by atoms with E-state index in [0.717, 1.165) is 18.4 Å². The summed E-state index contributed by atoms with van der Waals surface area (Å²) in [7, 11) is 0. The second-order valence-electron chi connectivity index (χ2n) is 5.07. The van der Waals surface area contributed by atoms with Crippen LogP contribution in [0.3, 0.4) is 0 Å². The van der Waals surface area contributed by atoms with E-state index in [1.54, 1.807) is 31.2 Å². The lowest BCUT2D eigenvalue weighted by atomic mass is 9.93. The summed E-state index contributed by atoms with van der Waals surface area (Å²) in [5.74, 6) is 5.96. The van der Waals surface area contributed by atoms with E-state index in [1.807, 2.05) is 0 Å². The number of aryl methyl sites for hydroxylation is 1. The molecule has 0 saturated heterocycles. The quantitative estimate of drug-likeness (QED) is 0.725. The van der Waals surface area contributed by atoms with Gasteiger partial charge in [-0.15, -0.1) is 5.92 Å². The van der Waals surface area contributed by atoms with E-state index < -0.39 is 6.61 Å². The minimum Gasteiger partial charge on any atom is -0.435 e. The van der Waals surface area contributed by atoms with Crippen LogP contribution in [0.2, 0.25) is 0 Å². The van der Waals surface area contributed by atoms with Crippen molar-refractivity contribution >= 4 is 0 Å². The van der Waals surface area contributed by atoms with Crippen molar-refractivity contribution in [3.8, 4) is 17.6 Å². The summed E-state index contributed by atoms with van der Waals surface area (Å²) >= 11 is 0. The highest BCUT2D eigenvalue weighted by atomic mass is 19.3. The molecule has 3 N–H and O–H groups in total. The average molecular weight is 296 g/mol. The van der Waals surface area contributed by atoms with Crippen molar-refractivity contribution in [2.45, 2.75) is 38.8 Å². The Morgan fingerprint density at radius 1 is 1.33 bits per heavy atom. The average Bonchev–Trinajstić information content (AvgIpc) is 2.46. The second kappa shape index (κ2) is 8.60. The maximum Gasteiger partial charge on any atom is 0.387 e. The van der Waals surface area contributed by atoms with Gasteiger partial charge in [0.15, 0.2) is 0 Å². The Labute approximate surface area is 124 Å². The summed E-state index contributed by atoms with van der Waals surface area (Å²) in [4.78, 5) is 0. The number of nitrogens with two attached hydrogens (primary N) is 1. The Morgan fingerprint density at radius 2 is 2.00 bits per heavy atom. The standard InChI is InChI=1S/C16H22F2N2O/c1-3-4-11-20-16(2,12-19)10-9-13-5-7-14(8-6-13)21-15(17)18/h5-8,15,20H,9-12,19H2,1-2H3. The Balaban J connectivity index is 2.53. The van der Waals surface area contributed by atoms with Crippen LogP contribution >= 0.6 is 0 Å². The third kappa shape index (κ3) is 6.56. The fraction of sp³-hybridized carbons (Fsp3) is 0.500. The van der Waals surface area contributed by atoms with Gasteiger partial charge in [0.1, 0.15) is 5.75 Å². The molecule has 3 nitrogen and oxygen atoms in total. The van der Waals surface area contributed by atoms with Gasteiger partial charge in [-0.05, 0) is 44.4 Å². The molecule has 1 aromatic rings. The van der Waals surface area contributed by atoms with Crippen molar-refractivity contribution in [1.29, 1.82) is 0 Å². The zero-order valence-electron chi connectivity index (χ0n) is 12.5. The molecule has 0 aromatic heterocycles. The zero-order chi connectivity index (χ0) is 15.7. The van der Waals surface area contributed by atoms with Gasteiger partial charge in [-0.3, -0.25) is 5.32 Å². The predicted molar refractivity (Wildman–Crippen MR) is 80.3 cm³/mol. The van der Waals surface area contributed by atoms with Gasteiger partial charge in [-0.1, -0.05) is 18.1 Å². The molecule has 1 unspecified atom stereocenters. The first-order valence-electron chi connectivity index (χ1n) is 6.87. The van der Waals surface area contributed by atoms with Gasteiger partial charge in [0.2, 0.25) is 0 Å². The first-order chi connectivity index (χ1) is 9.99. The highest BCUT2D eigenvalue weighted by molar-refractivity contribution is 5.27. The lowest BCUT2D eigenvalue weighted by Gasteiger charge is -2.28. The maximum atomic E-state index is 12.1. The van der Waals surface area contributed by atoms with Gasteiger partial charge in [0, 0.05) is 12.1 Å². The number of benzene rings is 1. The number of nitrogens with one attached hydrogen (secondary N) is 1. The zero-order valence-corrected chi connectivity index (χ0v) is 12.5. The molecule has 0 aliphatic rings. The van der Waals surface area contributed by atoms with Crippen molar-refractivity contribution < 1.29 is 13.5 Å². The molecule has 0 radical (unpaired) electrons. The summed E-state index contributed by atoms with van der Waals surface area (Å²) in [6.07, 6.45) is 1.64. The van der Waals surface area contributed by atoms with Gasteiger partial charge >= 0.3 is 6.61 Å². The van der Waals surface area contributed by atoms with E-state index in [9.17, 15) is 8.78 Å². The number of ether oxygens (including phenoxy) is 1. The van der Waals surface area contributed by atoms with Gasteiger partial charge < -0.3 is 10.5 Å². The van der Waals surface area contributed by atoms with Crippen LogP contribution in [0.25, 0.3) is 0 Å². The van der Waals surface area contributed by atoms with E-state index in [1.165, 1.54) is 0 Å². The smallest absolute Gasteiger partial charge is 0.387 e. The molecule has 1 rings (SSSR count). The number of hydrogen-bond donors (Lipinski definition) is 2. The molecule has 0 aliphatic carbocycles. The molecular weight excluding hydrogens is 274 g/mol. The van der Waals surface area contributed by atoms with Crippen LogP contribution in [0, 0.1) is 11.8 Å². The Hall–Kier alpha value is -1.64. The Bertz CT molecular complexity index is 479. The number of rotatable bonds is 8. The SMILES string of the molecule is CC#CCNC(C)(CN)CCc1ccc(OC(F)F)cc1. The molecule has 0 spiro atoms. The van der Waals surface area contributed by atoms with Crippen molar-refractivity contribution in [2.24, 2.45) is 5.73 Å². The third-order valence-corrected chi connectivity index (χ3v) is 3.34. The largest absolute Gasteiger partial charge is 0.435 e. The van der Waals surface area contributed by atoms with Gasteiger partial charge in [-0.25, -0.2) is 0 Å². The molecule has 21 heavy (non-hydrogen) atoms. The molecule has 116 valence electrons. The van der Waals surface area contributed by atoms with Crippen molar-refractivity contribution in [1.82, 2.24) is 5.32 Å². The van der Waals surface area contributed by atoms with Gasteiger partial charge in [0.05, 0.1) is 6.54 Å². The van der Waals surface area contributed by atoms with Crippen LogP contribution in [0.5, 0.6) is 5.75 Å². The number of hydrogen-bond acceptors (Lipinski definition) is 3. The summed E-state index contributed by atoms with van der Waals surface area (Å²) in [5.41, 5.74) is 6.68. The van der Waals surface area contributed by atoms with E-state index in [2.05, 4.69) is 28.8 Å². The molecule has 1 atom stereocenters. The lowest BCUT2D eigenvalue weighted by molar-refractivity contribution is -0.0498. The Morgan fingerprint density at radius 3 is 2.52 bits per heavy atom. The highest BCUT2D eigenvalue weighted by Crippen LogP contribution is 2.18. The van der Waals surface area contributed by atoms with Crippen LogP contribution in [0.15, 0.2) is 24.3 Å². The van der Waals surface area contributed by atoms with Crippen molar-refractivity contribution in [3.05, 3.63) is 29.8 Å². The Kier molecular flexibility index (Phi) is 7.13. The van der Waals surface area contributed by atoms with Gasteiger partial charge in [0.25, 0.3) is 0 Å². The van der Waals surface area contributed by atoms with E-state index in [0.29, 0.717) is 13.1 Å². The molecule has 0 heterocycles. The van der Waals surface area contributed by atoms with Gasteiger partial charge in [-0.2, -0.15) is 8.78 Å². The molecule has 0 aliphatic heterocycles. The third-order valence-electron chi connectivity index (χ3n) is 3.34. The van der Waals surface area contributed by atoms with Crippen LogP contribution in [0.4, 0.5) is 8.78 Å². The fourth-order valence-corrected chi connectivity index (χ4v) is 1.87. The molecule has 5 heteroatoms. The van der Waals surface area contributed by atoms with Crippen LogP contribution in [0.1, 0.15) is 25.8 Å². The fourth-order valence-electron chi connectivity index (χ4n) is 1.87. The minimum atomic E-state index is -2.79. The van der Waals surface area contributed by atoms with E-state index in [-0.39, 0.29) is 11.3 Å². The van der Waals surface area contributed by atoms with Crippen molar-refractivity contribution in [3.63, 3.8) is 0 Å². The molecule has 0 saturated carbocycles. The monoisotopic (exact) mass is 296 g/mol. The summed E-state index contributed by atoms with van der Waals surface area (Å²) < 4.78 is 28.4. The van der Waals surface area contributed by atoms with Crippen LogP contribution < -0.4 is 15.8 Å². The molecule has 1 aromatic carbocycles. The molecule has 0 fully saturated rings. The first kappa shape index (κ1) is 17.4. The first-order valence-corrected chi connectivity index (χ1v) is 6.87. The molecule has 0 amide bonds. The summed E-state index contributed by atoms with van der Waals surface area (Å²) in [6, 6.07) is 6.69. The minimum absolute atomic E-state index is 0.173. The van der Waals surface area contributed by atoms with Crippen LogP contribution in [-0.4, -0.2) is 25.2 Å². The van der Waals surface area contributed by atoms with E-state index >= 15 is 0 Å². The lowest BCUT2D eigenvalue weighted by Crippen LogP contribution is -2.49. The molecular formula is C16H22F2N2O. The molecule has 0 bridgehead atoms. The second-order valence-corrected chi connectivity index (χ2v) is 5.07. The highest BCUT2D eigenvalue weighted by Gasteiger charge is 2.20.